The van der Waals surface area contributed by atoms with Gasteiger partial charge in [0.05, 0.1) is 20.6 Å². The van der Waals surface area contributed by atoms with E-state index in [-0.39, 0.29) is 37.5 Å². The Morgan fingerprint density at radius 3 is 2.23 bits per heavy atom. The predicted octanol–water partition coefficient (Wildman–Crippen LogP) is 4.72. The molecule has 1 N–H and O–H groups in total. The van der Waals surface area contributed by atoms with Crippen LogP contribution in [-0.4, -0.2) is 18.6 Å². The Labute approximate surface area is 159 Å². The molecular formula is C17H7Cl2N3O3S. The summed E-state index contributed by atoms with van der Waals surface area (Å²) in [5, 5.41) is 8.99. The summed E-state index contributed by atoms with van der Waals surface area (Å²) in [5.74, 6) is -0.762. The Morgan fingerprint density at radius 1 is 1.08 bits per heavy atom. The molecule has 1 aliphatic heterocycles. The smallest absolute Gasteiger partial charge is 0.505 e. The highest BCUT2D eigenvalue weighted by Crippen LogP contribution is 2.41. The van der Waals surface area contributed by atoms with E-state index >= 15 is 0 Å². The first-order valence-electron chi connectivity index (χ1n) is 6.92. The zero-order chi connectivity index (χ0) is 19.1. The van der Waals surface area contributed by atoms with E-state index in [1.54, 1.807) is 12.1 Å². The van der Waals surface area contributed by atoms with E-state index in [4.69, 9.17) is 36.3 Å². The maximum absolute atomic E-state index is 12.9. The lowest BCUT2D eigenvalue weighted by Crippen LogP contribution is -2.09. The topological polar surface area (TPSA) is 75.5 Å². The molecule has 3 rings (SSSR count). The summed E-state index contributed by atoms with van der Waals surface area (Å²) in [6, 6.07) is 8.52. The van der Waals surface area contributed by atoms with Gasteiger partial charge in [0.2, 0.25) is 9.84 Å². The minimum Gasteiger partial charge on any atom is -0.505 e. The highest BCUT2D eigenvalue weighted by Gasteiger charge is 2.42. The first kappa shape index (κ1) is 18.0. The van der Waals surface area contributed by atoms with Gasteiger partial charge in [0.15, 0.2) is 10.8 Å². The lowest BCUT2D eigenvalue weighted by Gasteiger charge is -2.03. The Bertz CT molecular complexity index is 1160. The molecule has 0 atom stereocenters. The molecule has 0 spiro atoms. The third-order valence-corrected chi connectivity index (χ3v) is 5.90. The summed E-state index contributed by atoms with van der Waals surface area (Å²) < 4.78 is 25.8. The van der Waals surface area contributed by atoms with Gasteiger partial charge in [-0.25, -0.2) is 13.4 Å². The molecular weight excluding hydrogens is 397 g/mol. The highest BCUT2D eigenvalue weighted by molar-refractivity contribution is 8.08. The normalized spacial score (nSPS) is 16.0. The number of hydrogen-bond donors (Lipinski definition) is 1. The average Bonchev–Trinajstić information content (AvgIpc) is 2.83. The Hall–Kier alpha value is -2.84. The molecule has 0 fully saturated rings. The maximum Gasteiger partial charge on any atom is 0.530 e. The van der Waals surface area contributed by atoms with Crippen molar-refractivity contribution in [2.45, 2.75) is 4.90 Å². The van der Waals surface area contributed by atoms with E-state index in [0.29, 0.717) is 0 Å². The number of aromatic hydroxyl groups is 1. The molecule has 2 aromatic carbocycles. The fourth-order valence-corrected chi connectivity index (χ4v) is 4.56. The number of sulfone groups is 1. The number of phenolic OH excluding ortho intramolecular Hbond substituents is 1. The number of benzene rings is 2. The van der Waals surface area contributed by atoms with Gasteiger partial charge in [-0.2, -0.15) is 9.69 Å². The molecule has 6 nitrogen and oxygen atoms in total. The third kappa shape index (κ3) is 2.73. The number of fused-ring (bicyclic) bond motifs is 1. The van der Waals surface area contributed by atoms with Crippen molar-refractivity contribution in [3.8, 4) is 5.75 Å². The van der Waals surface area contributed by atoms with Crippen LogP contribution in [0.15, 0.2) is 52.1 Å². The molecule has 128 valence electrons. The van der Waals surface area contributed by atoms with Crippen LogP contribution in [0.2, 0.25) is 10.0 Å². The van der Waals surface area contributed by atoms with Gasteiger partial charge in [0, 0.05) is 5.56 Å². The summed E-state index contributed by atoms with van der Waals surface area (Å²) in [6.45, 7) is 14.4. The molecule has 9 heteroatoms. The number of rotatable bonds is 1. The van der Waals surface area contributed by atoms with Crippen molar-refractivity contribution in [3.05, 3.63) is 80.7 Å². The summed E-state index contributed by atoms with van der Waals surface area (Å²) in [7, 11) is -4.04. The summed E-state index contributed by atoms with van der Waals surface area (Å²) in [5.41, 5.74) is 0.242. The van der Waals surface area contributed by atoms with Gasteiger partial charge >= 0.3 is 5.82 Å². The van der Waals surface area contributed by atoms with Gasteiger partial charge in [0.25, 0.3) is 0 Å². The first-order valence-corrected chi connectivity index (χ1v) is 9.16. The quantitative estimate of drug-likeness (QED) is 0.699. The van der Waals surface area contributed by atoms with E-state index in [2.05, 4.69) is 14.7 Å². The van der Waals surface area contributed by atoms with E-state index in [0.717, 1.165) is 0 Å². The van der Waals surface area contributed by atoms with Gasteiger partial charge in [-0.1, -0.05) is 41.4 Å². The average molecular weight is 404 g/mol. The van der Waals surface area contributed by atoms with Crippen molar-refractivity contribution in [2.75, 3.05) is 0 Å². The van der Waals surface area contributed by atoms with Crippen molar-refractivity contribution in [2.24, 2.45) is 4.99 Å². The maximum atomic E-state index is 12.9. The number of halogens is 2. The van der Waals surface area contributed by atoms with E-state index < -0.39 is 20.7 Å². The Kier molecular flexibility index (Phi) is 4.47. The van der Waals surface area contributed by atoms with E-state index in [9.17, 15) is 13.5 Å². The van der Waals surface area contributed by atoms with E-state index in [1.165, 1.54) is 24.3 Å². The fourth-order valence-electron chi connectivity index (χ4n) is 2.46. The van der Waals surface area contributed by atoms with Gasteiger partial charge in [0.1, 0.15) is 18.7 Å². The second-order valence-electron chi connectivity index (χ2n) is 5.10. The summed E-state index contributed by atoms with van der Waals surface area (Å²) in [6.07, 6.45) is 0. The third-order valence-electron chi connectivity index (χ3n) is 3.58. The van der Waals surface area contributed by atoms with Crippen molar-refractivity contribution in [3.63, 3.8) is 0 Å². The summed E-state index contributed by atoms with van der Waals surface area (Å²) in [4.78, 5) is 10.3. The van der Waals surface area contributed by atoms with Crippen LogP contribution < -0.4 is 0 Å². The zero-order valence-corrected chi connectivity index (χ0v) is 15.1. The monoisotopic (exact) mass is 403 g/mol. The SMILES string of the molecule is [C-]#[N+]C([N+]#[C-])=C1C(=Nc2cc(Cl)c(O)c(Cl)c2)S(=O)(=O)c2ccccc21. The first-order chi connectivity index (χ1) is 12.3. The van der Waals surface area contributed by atoms with Crippen LogP contribution >= 0.6 is 23.2 Å². The van der Waals surface area contributed by atoms with Crippen LogP contribution in [0.25, 0.3) is 15.3 Å². The second-order valence-corrected chi connectivity index (χ2v) is 7.74. The van der Waals surface area contributed by atoms with Gasteiger partial charge in [-0.05, 0) is 18.2 Å². The number of phenols is 1. The number of hydrogen-bond acceptors (Lipinski definition) is 4. The minimum absolute atomic E-state index is 0.0328. The van der Waals surface area contributed by atoms with Crippen LogP contribution in [0.5, 0.6) is 5.75 Å². The molecule has 0 saturated carbocycles. The second kappa shape index (κ2) is 6.47. The van der Waals surface area contributed by atoms with Crippen molar-refractivity contribution < 1.29 is 13.5 Å². The lowest BCUT2D eigenvalue weighted by atomic mass is 10.1. The van der Waals surface area contributed by atoms with E-state index in [1.807, 2.05) is 0 Å². The summed E-state index contributed by atoms with van der Waals surface area (Å²) >= 11 is 11.7. The molecule has 1 aliphatic rings. The number of nitrogens with zero attached hydrogens (tertiary/aromatic N) is 3. The largest absolute Gasteiger partial charge is 0.530 e. The molecule has 26 heavy (non-hydrogen) atoms. The Morgan fingerprint density at radius 2 is 1.65 bits per heavy atom. The molecule has 0 saturated heterocycles. The minimum atomic E-state index is -4.04. The van der Waals surface area contributed by atoms with Crippen LogP contribution in [0.3, 0.4) is 0 Å². The molecule has 0 unspecified atom stereocenters. The van der Waals surface area contributed by atoms with Gasteiger partial charge < -0.3 is 5.11 Å². The van der Waals surface area contributed by atoms with Crippen LogP contribution in [0.1, 0.15) is 5.56 Å². The van der Waals surface area contributed by atoms with Gasteiger partial charge in [-0.3, -0.25) is 0 Å². The molecule has 0 aromatic heterocycles. The van der Waals surface area contributed by atoms with Crippen molar-refractivity contribution >= 4 is 49.3 Å². The van der Waals surface area contributed by atoms with Gasteiger partial charge in [-0.15, -0.1) is 0 Å². The molecule has 0 radical (unpaired) electrons. The molecule has 0 bridgehead atoms. The zero-order valence-electron chi connectivity index (χ0n) is 12.7. The predicted molar refractivity (Wildman–Crippen MR) is 99.0 cm³/mol. The Balaban J connectivity index is 2.39. The molecule has 0 amide bonds. The van der Waals surface area contributed by atoms with Crippen molar-refractivity contribution in [1.29, 1.82) is 0 Å². The van der Waals surface area contributed by atoms with Crippen molar-refractivity contribution in [1.82, 2.24) is 0 Å². The number of aliphatic imine (C=N–C) groups is 1. The highest BCUT2D eigenvalue weighted by atomic mass is 35.5. The van der Waals surface area contributed by atoms with Crippen LogP contribution in [-0.2, 0) is 9.84 Å². The lowest BCUT2D eigenvalue weighted by molar-refractivity contribution is 0.476. The fraction of sp³-hybridized carbons (Fsp3) is 0. The van der Waals surface area contributed by atoms with Crippen LogP contribution in [0, 0.1) is 13.1 Å². The standard InChI is InChI=1S/C17H7Cl2N3O3S/c1-20-16(21-2)14-10-5-3-4-6-13(10)26(24,25)17(14)22-9-7-11(18)15(23)12(19)8-9/h3-8,23H. The molecule has 2 aromatic rings. The molecule has 1 heterocycles. The van der Waals surface area contributed by atoms with Crippen LogP contribution in [0.4, 0.5) is 5.69 Å². The molecule has 0 aliphatic carbocycles.